The summed E-state index contributed by atoms with van der Waals surface area (Å²) in [5.74, 6) is -0.391. The van der Waals surface area contributed by atoms with Crippen molar-refractivity contribution >= 4 is 29.3 Å². The molecule has 1 aliphatic rings. The molecule has 8 heteroatoms. The van der Waals surface area contributed by atoms with Gasteiger partial charge in [0, 0.05) is 12.6 Å². The predicted octanol–water partition coefficient (Wildman–Crippen LogP) is 3.16. The molecule has 18 heavy (non-hydrogen) atoms. The molecule has 1 aromatic heterocycles. The van der Waals surface area contributed by atoms with Gasteiger partial charge in [0.1, 0.15) is 10.3 Å². The van der Waals surface area contributed by atoms with E-state index >= 15 is 0 Å². The second-order valence-corrected chi connectivity index (χ2v) is 5.17. The Balaban J connectivity index is 2.17. The number of thioether (sulfide) groups is 1. The van der Waals surface area contributed by atoms with Crippen molar-refractivity contribution in [2.24, 2.45) is 0 Å². The number of pyridine rings is 1. The lowest BCUT2D eigenvalue weighted by molar-refractivity contribution is -0.138. The van der Waals surface area contributed by atoms with Gasteiger partial charge in [0.25, 0.3) is 0 Å². The van der Waals surface area contributed by atoms with Crippen LogP contribution in [-0.2, 0) is 15.7 Å². The zero-order chi connectivity index (χ0) is 13.3. The predicted molar refractivity (Wildman–Crippen MR) is 59.5 cm³/mol. The van der Waals surface area contributed by atoms with Gasteiger partial charge in [-0.05, 0) is 6.07 Å². The number of hydrogen-bond acceptors (Lipinski definition) is 4. The minimum absolute atomic E-state index is 0.116. The second kappa shape index (κ2) is 4.97. The summed E-state index contributed by atoms with van der Waals surface area (Å²) in [7, 11) is 0. The number of rotatable bonds is 2. The van der Waals surface area contributed by atoms with E-state index in [1.54, 1.807) is 0 Å². The highest BCUT2D eigenvalue weighted by Gasteiger charge is 2.33. The van der Waals surface area contributed by atoms with Gasteiger partial charge in [-0.15, -0.1) is 0 Å². The fraction of sp³-hybridized carbons (Fsp3) is 0.400. The first-order valence-corrected chi connectivity index (χ1v) is 6.20. The number of carbonyl (C=O) groups is 1. The molecule has 1 aromatic rings. The minimum Gasteiger partial charge on any atom is -0.465 e. The second-order valence-electron chi connectivity index (χ2n) is 3.57. The van der Waals surface area contributed by atoms with Crippen LogP contribution in [0.5, 0.6) is 0 Å². The zero-order valence-corrected chi connectivity index (χ0v) is 10.4. The Hall–Kier alpha value is -0.950. The normalized spacial score (nSPS) is 20.0. The maximum Gasteiger partial charge on any atom is 0.417 e. The fourth-order valence-corrected chi connectivity index (χ4v) is 2.62. The summed E-state index contributed by atoms with van der Waals surface area (Å²) < 4.78 is 41.9. The summed E-state index contributed by atoms with van der Waals surface area (Å²) in [4.78, 5) is 14.9. The summed E-state index contributed by atoms with van der Waals surface area (Å²) in [6.45, 7) is 0.314. The molecule has 0 aliphatic carbocycles. The number of halogens is 4. The number of alkyl halides is 3. The molecular weight excluding hydrogens is 291 g/mol. The van der Waals surface area contributed by atoms with E-state index < -0.39 is 23.0 Å². The van der Waals surface area contributed by atoms with E-state index in [4.69, 9.17) is 16.3 Å². The Labute approximate surface area is 110 Å². The molecule has 98 valence electrons. The number of ether oxygens (including phenoxy) is 1. The molecule has 0 amide bonds. The smallest absolute Gasteiger partial charge is 0.417 e. The Kier molecular flexibility index (Phi) is 3.72. The molecule has 1 aliphatic heterocycles. The van der Waals surface area contributed by atoms with Crippen LogP contribution in [0.25, 0.3) is 0 Å². The van der Waals surface area contributed by atoms with Crippen LogP contribution in [0.3, 0.4) is 0 Å². The van der Waals surface area contributed by atoms with E-state index in [2.05, 4.69) is 4.98 Å². The Morgan fingerprint density at radius 3 is 2.72 bits per heavy atom. The summed E-state index contributed by atoms with van der Waals surface area (Å²) in [5, 5.41) is -0.366. The lowest BCUT2D eigenvalue weighted by Crippen LogP contribution is -2.10. The Morgan fingerprint density at radius 2 is 2.22 bits per heavy atom. The van der Waals surface area contributed by atoms with Gasteiger partial charge in [0.15, 0.2) is 0 Å². The number of cyclic esters (lactones) is 1. The van der Waals surface area contributed by atoms with Crippen molar-refractivity contribution in [3.05, 3.63) is 22.8 Å². The quantitative estimate of drug-likeness (QED) is 0.786. The summed E-state index contributed by atoms with van der Waals surface area (Å²) >= 11 is 6.75. The van der Waals surface area contributed by atoms with Gasteiger partial charge in [-0.25, -0.2) is 4.98 Å². The van der Waals surface area contributed by atoms with Crippen LogP contribution in [0.15, 0.2) is 17.3 Å². The van der Waals surface area contributed by atoms with Gasteiger partial charge in [-0.2, -0.15) is 13.2 Å². The van der Waals surface area contributed by atoms with Crippen LogP contribution in [-0.4, -0.2) is 22.8 Å². The molecule has 1 fully saturated rings. The van der Waals surface area contributed by atoms with E-state index in [0.717, 1.165) is 17.8 Å². The molecular formula is C10H7ClF3NO2S. The zero-order valence-electron chi connectivity index (χ0n) is 8.83. The molecule has 2 rings (SSSR count). The molecule has 2 heterocycles. The van der Waals surface area contributed by atoms with Crippen LogP contribution in [0, 0.1) is 0 Å². The van der Waals surface area contributed by atoms with Gasteiger partial charge in [-0.1, -0.05) is 23.4 Å². The highest BCUT2D eigenvalue weighted by Crippen LogP contribution is 2.36. The average molecular weight is 298 g/mol. The van der Waals surface area contributed by atoms with Crippen molar-refractivity contribution in [1.29, 1.82) is 0 Å². The maximum atomic E-state index is 12.4. The number of aromatic nitrogens is 1. The molecule has 1 atom stereocenters. The van der Waals surface area contributed by atoms with Crippen LogP contribution in [0.4, 0.5) is 13.2 Å². The maximum absolute atomic E-state index is 12.4. The number of esters is 1. The highest BCUT2D eigenvalue weighted by molar-refractivity contribution is 8.00. The van der Waals surface area contributed by atoms with Gasteiger partial charge in [-0.3, -0.25) is 4.79 Å². The third kappa shape index (κ3) is 2.89. The van der Waals surface area contributed by atoms with Gasteiger partial charge >= 0.3 is 12.1 Å². The SMILES string of the molecule is O=C1OCCC1Sc1ncc(C(F)(F)F)cc1Cl. The van der Waals surface area contributed by atoms with Crippen molar-refractivity contribution in [2.45, 2.75) is 22.9 Å². The molecule has 3 nitrogen and oxygen atoms in total. The topological polar surface area (TPSA) is 39.2 Å². The first kappa shape index (κ1) is 13.5. The minimum atomic E-state index is -4.48. The fourth-order valence-electron chi connectivity index (χ4n) is 1.39. The molecule has 0 N–H and O–H groups in total. The Morgan fingerprint density at radius 1 is 1.50 bits per heavy atom. The molecule has 1 saturated heterocycles. The lowest BCUT2D eigenvalue weighted by Gasteiger charge is -2.10. The number of nitrogens with zero attached hydrogens (tertiary/aromatic N) is 1. The van der Waals surface area contributed by atoms with Crippen molar-refractivity contribution in [2.75, 3.05) is 6.61 Å². The Bertz CT molecular complexity index is 481. The van der Waals surface area contributed by atoms with E-state index in [0.29, 0.717) is 19.2 Å². The van der Waals surface area contributed by atoms with Crippen molar-refractivity contribution < 1.29 is 22.7 Å². The first-order chi connectivity index (χ1) is 8.38. The molecule has 0 aromatic carbocycles. The molecule has 0 bridgehead atoms. The van der Waals surface area contributed by atoms with Crippen molar-refractivity contribution in [1.82, 2.24) is 4.98 Å². The van der Waals surface area contributed by atoms with Crippen LogP contribution in [0.2, 0.25) is 5.02 Å². The third-order valence-electron chi connectivity index (χ3n) is 2.28. The van der Waals surface area contributed by atoms with E-state index in [1.807, 2.05) is 0 Å². The van der Waals surface area contributed by atoms with Crippen LogP contribution < -0.4 is 0 Å². The van der Waals surface area contributed by atoms with Crippen LogP contribution in [0.1, 0.15) is 12.0 Å². The van der Waals surface area contributed by atoms with Gasteiger partial charge in [0.05, 0.1) is 17.2 Å². The standard InChI is InChI=1S/C10H7ClF3NO2S/c11-6-3-5(10(12,13)14)4-15-8(6)18-7-1-2-17-9(7)16/h3-4,7H,1-2H2. The largest absolute Gasteiger partial charge is 0.465 e. The third-order valence-corrected chi connectivity index (χ3v) is 3.94. The lowest BCUT2D eigenvalue weighted by atomic mass is 10.3. The summed E-state index contributed by atoms with van der Waals surface area (Å²) in [5.41, 5.74) is -0.911. The molecule has 0 radical (unpaired) electrons. The summed E-state index contributed by atoms with van der Waals surface area (Å²) in [6.07, 6.45) is -3.27. The molecule has 0 saturated carbocycles. The average Bonchev–Trinajstić information content (AvgIpc) is 2.66. The highest BCUT2D eigenvalue weighted by atomic mass is 35.5. The van der Waals surface area contributed by atoms with Crippen LogP contribution >= 0.6 is 23.4 Å². The van der Waals surface area contributed by atoms with E-state index in [9.17, 15) is 18.0 Å². The van der Waals surface area contributed by atoms with E-state index in [1.165, 1.54) is 0 Å². The number of carbonyl (C=O) groups excluding carboxylic acids is 1. The number of hydrogen-bond donors (Lipinski definition) is 0. The summed E-state index contributed by atoms with van der Waals surface area (Å²) in [6, 6.07) is 0.803. The van der Waals surface area contributed by atoms with Crippen molar-refractivity contribution in [3.8, 4) is 0 Å². The van der Waals surface area contributed by atoms with Gasteiger partial charge < -0.3 is 4.74 Å². The first-order valence-electron chi connectivity index (χ1n) is 4.94. The monoisotopic (exact) mass is 297 g/mol. The van der Waals surface area contributed by atoms with Crippen molar-refractivity contribution in [3.63, 3.8) is 0 Å². The molecule has 0 spiro atoms. The molecule has 1 unspecified atom stereocenters. The van der Waals surface area contributed by atoms with E-state index in [-0.39, 0.29) is 10.0 Å². The van der Waals surface area contributed by atoms with Gasteiger partial charge in [0.2, 0.25) is 0 Å².